The van der Waals surface area contributed by atoms with Crippen molar-refractivity contribution in [3.05, 3.63) is 58.6 Å². The number of carbonyl (C=O) groups excluding carboxylic acids is 1. The summed E-state index contributed by atoms with van der Waals surface area (Å²) in [6.07, 6.45) is 0. The van der Waals surface area contributed by atoms with Gasteiger partial charge >= 0.3 is 0 Å². The van der Waals surface area contributed by atoms with E-state index in [2.05, 4.69) is 10.7 Å². The minimum atomic E-state index is -0.227. The Bertz CT molecular complexity index is 596. The molecule has 0 heterocycles. The van der Waals surface area contributed by atoms with Crippen molar-refractivity contribution >= 4 is 28.9 Å². The van der Waals surface area contributed by atoms with E-state index < -0.39 is 0 Å². The highest BCUT2D eigenvalue weighted by Gasteiger charge is 2.11. The maximum atomic E-state index is 12.2. The number of hydrazine groups is 1. The predicted molar refractivity (Wildman–Crippen MR) is 78.4 cm³/mol. The lowest BCUT2D eigenvalue weighted by molar-refractivity contribution is 0.102. The second-order valence-electron chi connectivity index (χ2n) is 4.15. The molecule has 2 rings (SSSR count). The Kier molecular flexibility index (Phi) is 4.04. The van der Waals surface area contributed by atoms with Crippen LogP contribution in [0.3, 0.4) is 0 Å². The summed E-state index contributed by atoms with van der Waals surface area (Å²) in [6, 6.07) is 12.3. The lowest BCUT2D eigenvalue weighted by atomic mass is 10.1. The van der Waals surface area contributed by atoms with Gasteiger partial charge in [-0.25, -0.2) is 0 Å². The second-order valence-corrected chi connectivity index (χ2v) is 4.59. The Morgan fingerprint density at radius 2 is 1.84 bits per heavy atom. The molecule has 0 unspecified atom stereocenters. The van der Waals surface area contributed by atoms with Gasteiger partial charge < -0.3 is 10.7 Å². The zero-order chi connectivity index (χ0) is 13.8. The molecule has 0 aromatic heterocycles. The van der Waals surface area contributed by atoms with Crippen molar-refractivity contribution in [1.29, 1.82) is 0 Å². The average molecular weight is 276 g/mol. The second kappa shape index (κ2) is 5.73. The Morgan fingerprint density at radius 3 is 2.47 bits per heavy atom. The zero-order valence-corrected chi connectivity index (χ0v) is 11.2. The highest BCUT2D eigenvalue weighted by atomic mass is 35.5. The maximum absolute atomic E-state index is 12.2. The van der Waals surface area contributed by atoms with Crippen LogP contribution < -0.4 is 16.6 Å². The van der Waals surface area contributed by atoms with E-state index in [1.165, 1.54) is 0 Å². The van der Waals surface area contributed by atoms with E-state index in [-0.39, 0.29) is 5.91 Å². The number of hydrogen-bond donors (Lipinski definition) is 3. The molecule has 4 N–H and O–H groups in total. The molecule has 0 aliphatic heterocycles. The molecular weight excluding hydrogens is 262 g/mol. The first-order valence-corrected chi connectivity index (χ1v) is 6.12. The smallest absolute Gasteiger partial charge is 0.257 e. The Labute approximate surface area is 116 Å². The number of amides is 1. The van der Waals surface area contributed by atoms with E-state index in [4.69, 9.17) is 17.4 Å². The fourth-order valence-electron chi connectivity index (χ4n) is 1.71. The lowest BCUT2D eigenvalue weighted by Crippen LogP contribution is -2.17. The molecular formula is C14H14ClN3O. The number of hydrogen-bond acceptors (Lipinski definition) is 3. The molecule has 0 bridgehead atoms. The summed E-state index contributed by atoms with van der Waals surface area (Å²) in [5, 5.41) is 3.41. The number of aryl methyl sites for hydroxylation is 1. The van der Waals surface area contributed by atoms with Crippen LogP contribution in [0, 0.1) is 6.92 Å². The van der Waals surface area contributed by atoms with Gasteiger partial charge in [-0.3, -0.25) is 10.6 Å². The van der Waals surface area contributed by atoms with Crippen molar-refractivity contribution in [2.75, 3.05) is 10.7 Å². The van der Waals surface area contributed by atoms with E-state index >= 15 is 0 Å². The van der Waals surface area contributed by atoms with Crippen LogP contribution in [0.15, 0.2) is 42.5 Å². The molecule has 0 aliphatic rings. The van der Waals surface area contributed by atoms with Gasteiger partial charge in [0, 0.05) is 10.7 Å². The van der Waals surface area contributed by atoms with Gasteiger partial charge in [0.05, 0.1) is 11.3 Å². The van der Waals surface area contributed by atoms with Crippen LogP contribution in [0.2, 0.25) is 5.02 Å². The number of anilines is 2. The fraction of sp³-hybridized carbons (Fsp3) is 0.0714. The van der Waals surface area contributed by atoms with Gasteiger partial charge in [-0.15, -0.1) is 0 Å². The van der Waals surface area contributed by atoms with Crippen molar-refractivity contribution in [1.82, 2.24) is 0 Å². The molecule has 0 saturated heterocycles. The molecule has 2 aromatic carbocycles. The summed E-state index contributed by atoms with van der Waals surface area (Å²) in [6.45, 7) is 1.93. The Balaban J connectivity index is 2.22. The number of rotatable bonds is 3. The molecule has 0 atom stereocenters. The minimum absolute atomic E-state index is 0.227. The number of nitrogen functional groups attached to an aromatic ring is 1. The largest absolute Gasteiger partial charge is 0.323 e. The highest BCUT2D eigenvalue weighted by Crippen LogP contribution is 2.19. The van der Waals surface area contributed by atoms with Crippen molar-refractivity contribution in [3.8, 4) is 0 Å². The van der Waals surface area contributed by atoms with Gasteiger partial charge in [0.25, 0.3) is 5.91 Å². The summed E-state index contributed by atoms with van der Waals surface area (Å²) in [5.41, 5.74) is 5.31. The van der Waals surface area contributed by atoms with E-state index in [1.807, 2.05) is 19.1 Å². The summed E-state index contributed by atoms with van der Waals surface area (Å²) in [7, 11) is 0. The third-order valence-corrected chi connectivity index (χ3v) is 2.93. The Hall–Kier alpha value is -2.04. The van der Waals surface area contributed by atoms with Crippen LogP contribution in [0.5, 0.6) is 0 Å². The predicted octanol–water partition coefficient (Wildman–Crippen LogP) is 3.19. The summed E-state index contributed by atoms with van der Waals surface area (Å²) >= 11 is 5.79. The van der Waals surface area contributed by atoms with Crippen LogP contribution >= 0.6 is 11.6 Å². The molecule has 0 spiro atoms. The SMILES string of the molecule is Cc1ccc(C(=O)Nc2ccc(Cl)cc2)c(NN)c1. The molecule has 98 valence electrons. The van der Waals surface area contributed by atoms with E-state index in [9.17, 15) is 4.79 Å². The number of nitrogens with two attached hydrogens (primary N) is 1. The third kappa shape index (κ3) is 3.24. The van der Waals surface area contributed by atoms with Gasteiger partial charge in [-0.2, -0.15) is 0 Å². The van der Waals surface area contributed by atoms with Gasteiger partial charge in [0.2, 0.25) is 0 Å². The standard InChI is InChI=1S/C14H14ClN3O/c1-9-2-7-12(13(8-9)18-16)14(19)17-11-5-3-10(15)4-6-11/h2-8,18H,16H2,1H3,(H,17,19). The van der Waals surface area contributed by atoms with Crippen molar-refractivity contribution < 1.29 is 4.79 Å². The minimum Gasteiger partial charge on any atom is -0.323 e. The normalized spacial score (nSPS) is 10.1. The quantitative estimate of drug-likeness (QED) is 0.595. The molecule has 0 fully saturated rings. The number of halogens is 1. The first-order valence-electron chi connectivity index (χ1n) is 5.74. The monoisotopic (exact) mass is 275 g/mol. The van der Waals surface area contributed by atoms with E-state index in [0.717, 1.165) is 5.56 Å². The summed E-state index contributed by atoms with van der Waals surface area (Å²) in [4.78, 5) is 12.2. The molecule has 2 aromatic rings. The van der Waals surface area contributed by atoms with Gasteiger partial charge in [0.15, 0.2) is 0 Å². The summed E-state index contributed by atoms with van der Waals surface area (Å²) < 4.78 is 0. The molecule has 1 amide bonds. The molecule has 0 saturated carbocycles. The van der Waals surface area contributed by atoms with Crippen LogP contribution in [0.1, 0.15) is 15.9 Å². The number of nitrogens with one attached hydrogen (secondary N) is 2. The molecule has 0 radical (unpaired) electrons. The number of benzene rings is 2. The fourth-order valence-corrected chi connectivity index (χ4v) is 1.83. The lowest BCUT2D eigenvalue weighted by Gasteiger charge is -2.10. The van der Waals surface area contributed by atoms with Crippen LogP contribution in [-0.4, -0.2) is 5.91 Å². The summed E-state index contributed by atoms with van der Waals surface area (Å²) in [5.74, 6) is 5.20. The van der Waals surface area contributed by atoms with Crippen molar-refractivity contribution in [2.45, 2.75) is 6.92 Å². The first kappa shape index (κ1) is 13.4. The average Bonchev–Trinajstić information content (AvgIpc) is 2.41. The molecule has 0 aliphatic carbocycles. The highest BCUT2D eigenvalue weighted by molar-refractivity contribution is 6.30. The molecule has 4 nitrogen and oxygen atoms in total. The van der Waals surface area contributed by atoms with Crippen molar-refractivity contribution in [3.63, 3.8) is 0 Å². The van der Waals surface area contributed by atoms with Gasteiger partial charge in [-0.1, -0.05) is 17.7 Å². The van der Waals surface area contributed by atoms with Crippen molar-refractivity contribution in [2.24, 2.45) is 5.84 Å². The van der Waals surface area contributed by atoms with E-state index in [1.54, 1.807) is 30.3 Å². The number of carbonyl (C=O) groups is 1. The van der Waals surface area contributed by atoms with Crippen LogP contribution in [0.25, 0.3) is 0 Å². The first-order chi connectivity index (χ1) is 9.10. The van der Waals surface area contributed by atoms with Crippen LogP contribution in [0.4, 0.5) is 11.4 Å². The topological polar surface area (TPSA) is 67.2 Å². The zero-order valence-electron chi connectivity index (χ0n) is 10.4. The van der Waals surface area contributed by atoms with Gasteiger partial charge in [0.1, 0.15) is 0 Å². The Morgan fingerprint density at radius 1 is 1.16 bits per heavy atom. The van der Waals surface area contributed by atoms with Gasteiger partial charge in [-0.05, 0) is 48.9 Å². The molecule has 19 heavy (non-hydrogen) atoms. The third-order valence-electron chi connectivity index (χ3n) is 2.68. The maximum Gasteiger partial charge on any atom is 0.257 e. The van der Waals surface area contributed by atoms with E-state index in [0.29, 0.717) is 22.0 Å². The molecule has 5 heteroatoms. The van der Waals surface area contributed by atoms with Crippen LogP contribution in [-0.2, 0) is 0 Å².